The van der Waals surface area contributed by atoms with Gasteiger partial charge in [0.25, 0.3) is 0 Å². The molecule has 0 radical (unpaired) electrons. The summed E-state index contributed by atoms with van der Waals surface area (Å²) in [6.07, 6.45) is 3.38. The Hall–Kier alpha value is -2.09. The molecule has 0 spiro atoms. The number of pyridine rings is 1. The lowest BCUT2D eigenvalue weighted by molar-refractivity contribution is 0.796. The minimum absolute atomic E-state index is 0.127. The molecule has 2 heteroatoms. The Morgan fingerprint density at radius 2 is 1.79 bits per heavy atom. The number of hydrogen-bond acceptors (Lipinski definition) is 1. The van der Waals surface area contributed by atoms with Gasteiger partial charge in [-0.05, 0) is 42.7 Å². The van der Waals surface area contributed by atoms with Crippen LogP contribution in [0.1, 0.15) is 25.3 Å². The second-order valence-electron chi connectivity index (χ2n) is 4.98. The maximum absolute atomic E-state index is 12.5. The fourth-order valence-electron chi connectivity index (χ4n) is 2.50. The number of unbranched alkanes of at least 4 members (excludes halogenated alkanes) is 1. The highest BCUT2D eigenvalue weighted by molar-refractivity contribution is 5.92. The zero-order chi connectivity index (χ0) is 13.2. The van der Waals surface area contributed by atoms with E-state index >= 15 is 0 Å². The monoisotopic (exact) mass is 251 g/mol. The third-order valence-corrected chi connectivity index (χ3v) is 3.59. The fourth-order valence-corrected chi connectivity index (χ4v) is 2.50. The molecule has 0 saturated carbocycles. The van der Waals surface area contributed by atoms with E-state index in [4.69, 9.17) is 0 Å². The number of H-pyrrole nitrogens is 1. The standard InChI is InChI=1S/C17H17NO/c1-2-3-6-12-9-10-16-14(11-12)17(19)13-7-4-5-8-15(13)18-16/h4-5,7-11H,2-3,6H2,1H3,(H,18,19). The van der Waals surface area contributed by atoms with Crippen molar-refractivity contribution >= 4 is 21.8 Å². The lowest BCUT2D eigenvalue weighted by Crippen LogP contribution is -2.04. The van der Waals surface area contributed by atoms with Gasteiger partial charge in [-0.25, -0.2) is 0 Å². The molecule has 1 heterocycles. The molecule has 96 valence electrons. The molecule has 1 N–H and O–H groups in total. The first-order valence-electron chi connectivity index (χ1n) is 6.83. The second kappa shape index (κ2) is 4.88. The van der Waals surface area contributed by atoms with Crippen LogP contribution in [0.2, 0.25) is 0 Å². The average Bonchev–Trinajstić information content (AvgIpc) is 2.46. The van der Waals surface area contributed by atoms with E-state index in [0.29, 0.717) is 0 Å². The van der Waals surface area contributed by atoms with Gasteiger partial charge in [0.1, 0.15) is 0 Å². The number of aryl methyl sites for hydroxylation is 1. The predicted molar refractivity (Wildman–Crippen MR) is 80.7 cm³/mol. The van der Waals surface area contributed by atoms with Gasteiger partial charge in [0.15, 0.2) is 5.43 Å². The van der Waals surface area contributed by atoms with Gasteiger partial charge in [-0.3, -0.25) is 4.79 Å². The number of aromatic amines is 1. The van der Waals surface area contributed by atoms with Gasteiger partial charge in [-0.15, -0.1) is 0 Å². The van der Waals surface area contributed by atoms with Gasteiger partial charge >= 0.3 is 0 Å². The number of aromatic nitrogens is 1. The third-order valence-electron chi connectivity index (χ3n) is 3.59. The summed E-state index contributed by atoms with van der Waals surface area (Å²) in [7, 11) is 0. The maximum atomic E-state index is 12.5. The summed E-state index contributed by atoms with van der Waals surface area (Å²) in [5.74, 6) is 0. The zero-order valence-corrected chi connectivity index (χ0v) is 11.1. The predicted octanol–water partition coefficient (Wildman–Crippen LogP) is 4.02. The zero-order valence-electron chi connectivity index (χ0n) is 11.1. The van der Waals surface area contributed by atoms with E-state index in [2.05, 4.69) is 18.0 Å². The Morgan fingerprint density at radius 1 is 1.00 bits per heavy atom. The van der Waals surface area contributed by atoms with Crippen LogP contribution in [0.4, 0.5) is 0 Å². The van der Waals surface area contributed by atoms with Crippen molar-refractivity contribution in [1.82, 2.24) is 4.98 Å². The molecular formula is C17H17NO. The molecular weight excluding hydrogens is 234 g/mol. The van der Waals surface area contributed by atoms with E-state index in [1.165, 1.54) is 12.0 Å². The van der Waals surface area contributed by atoms with Crippen LogP contribution in [0.15, 0.2) is 47.3 Å². The van der Waals surface area contributed by atoms with Gasteiger partial charge in [0, 0.05) is 21.8 Å². The molecule has 0 saturated heterocycles. The normalized spacial score (nSPS) is 11.2. The van der Waals surface area contributed by atoms with Crippen LogP contribution < -0.4 is 5.43 Å². The van der Waals surface area contributed by atoms with Crippen LogP contribution in [-0.2, 0) is 6.42 Å². The molecule has 2 aromatic carbocycles. The SMILES string of the molecule is CCCCc1ccc2[nH]c3ccccc3c(=O)c2c1. The Morgan fingerprint density at radius 3 is 2.63 bits per heavy atom. The number of rotatable bonds is 3. The van der Waals surface area contributed by atoms with Gasteiger partial charge in [-0.2, -0.15) is 0 Å². The summed E-state index contributed by atoms with van der Waals surface area (Å²) in [4.78, 5) is 15.8. The van der Waals surface area contributed by atoms with Crippen molar-refractivity contribution in [2.24, 2.45) is 0 Å². The number of benzene rings is 2. The molecule has 1 aromatic heterocycles. The Kier molecular flexibility index (Phi) is 3.08. The molecule has 19 heavy (non-hydrogen) atoms. The van der Waals surface area contributed by atoms with Gasteiger partial charge in [0.05, 0.1) is 0 Å². The molecule has 0 bridgehead atoms. The molecule has 2 nitrogen and oxygen atoms in total. The summed E-state index contributed by atoms with van der Waals surface area (Å²) in [6.45, 7) is 2.18. The molecule has 0 aliphatic carbocycles. The van der Waals surface area contributed by atoms with Crippen molar-refractivity contribution in [1.29, 1.82) is 0 Å². The quantitative estimate of drug-likeness (QED) is 0.700. The van der Waals surface area contributed by atoms with Crippen LogP contribution in [-0.4, -0.2) is 4.98 Å². The van der Waals surface area contributed by atoms with Crippen molar-refractivity contribution in [2.75, 3.05) is 0 Å². The van der Waals surface area contributed by atoms with Gasteiger partial charge in [-0.1, -0.05) is 31.5 Å². The molecule has 0 aliphatic rings. The lowest BCUT2D eigenvalue weighted by Gasteiger charge is -2.05. The first kappa shape index (κ1) is 12.0. The number of para-hydroxylation sites is 1. The van der Waals surface area contributed by atoms with E-state index in [9.17, 15) is 4.79 Å². The highest BCUT2D eigenvalue weighted by Gasteiger charge is 2.05. The van der Waals surface area contributed by atoms with Crippen molar-refractivity contribution in [3.05, 3.63) is 58.3 Å². The van der Waals surface area contributed by atoms with E-state index in [1.54, 1.807) is 0 Å². The molecule has 0 fully saturated rings. The number of nitrogens with one attached hydrogen (secondary N) is 1. The van der Waals surface area contributed by atoms with Crippen LogP contribution in [0, 0.1) is 0 Å². The van der Waals surface area contributed by atoms with E-state index in [-0.39, 0.29) is 5.43 Å². The van der Waals surface area contributed by atoms with Crippen LogP contribution in [0.5, 0.6) is 0 Å². The van der Waals surface area contributed by atoms with Crippen LogP contribution in [0.25, 0.3) is 21.8 Å². The first-order chi connectivity index (χ1) is 9.29. The highest BCUT2D eigenvalue weighted by atomic mass is 16.1. The largest absolute Gasteiger partial charge is 0.354 e. The number of hydrogen-bond donors (Lipinski definition) is 1. The number of fused-ring (bicyclic) bond motifs is 2. The summed E-state index contributed by atoms with van der Waals surface area (Å²) >= 11 is 0. The molecule has 0 unspecified atom stereocenters. The van der Waals surface area contributed by atoms with Crippen molar-refractivity contribution in [2.45, 2.75) is 26.2 Å². The molecule has 0 amide bonds. The van der Waals surface area contributed by atoms with Crippen LogP contribution in [0.3, 0.4) is 0 Å². The highest BCUT2D eigenvalue weighted by Crippen LogP contribution is 2.17. The smallest absolute Gasteiger partial charge is 0.197 e. The topological polar surface area (TPSA) is 32.9 Å². The van der Waals surface area contributed by atoms with Crippen LogP contribution >= 0.6 is 0 Å². The summed E-state index contributed by atoms with van der Waals surface area (Å²) in [5.41, 5.74) is 3.20. The summed E-state index contributed by atoms with van der Waals surface area (Å²) < 4.78 is 0. The lowest BCUT2D eigenvalue weighted by atomic mass is 10.0. The summed E-state index contributed by atoms with van der Waals surface area (Å²) in [5, 5.41) is 1.56. The maximum Gasteiger partial charge on any atom is 0.197 e. The van der Waals surface area contributed by atoms with Crippen molar-refractivity contribution < 1.29 is 0 Å². The fraction of sp³-hybridized carbons (Fsp3) is 0.235. The molecule has 3 rings (SSSR count). The minimum atomic E-state index is 0.127. The second-order valence-corrected chi connectivity index (χ2v) is 4.98. The Labute approximate surface area is 112 Å². The molecule has 0 atom stereocenters. The van der Waals surface area contributed by atoms with E-state index < -0.39 is 0 Å². The average molecular weight is 251 g/mol. The van der Waals surface area contributed by atoms with Gasteiger partial charge in [0.2, 0.25) is 0 Å². The minimum Gasteiger partial charge on any atom is -0.354 e. The Balaban J connectivity index is 2.24. The first-order valence-corrected chi connectivity index (χ1v) is 6.83. The Bertz CT molecular complexity index is 786. The molecule has 3 aromatic rings. The van der Waals surface area contributed by atoms with Crippen molar-refractivity contribution in [3.63, 3.8) is 0 Å². The molecule has 0 aliphatic heterocycles. The third kappa shape index (κ3) is 2.14. The van der Waals surface area contributed by atoms with Crippen molar-refractivity contribution in [3.8, 4) is 0 Å². The summed E-state index contributed by atoms with van der Waals surface area (Å²) in [6, 6.07) is 13.9. The van der Waals surface area contributed by atoms with Gasteiger partial charge < -0.3 is 4.98 Å². The van der Waals surface area contributed by atoms with E-state index in [1.807, 2.05) is 36.4 Å². The van der Waals surface area contributed by atoms with E-state index in [0.717, 1.165) is 34.6 Å².